The first kappa shape index (κ1) is 29.5. The molecule has 0 heterocycles. The standard InChI is InChI=1S/C51H37N/c1-50(2)44-20-10-6-16-38(44)42-28-26-36(31-48(42)50)52(35-25-24-33-14-4-3-5-15-34(33)30-35)37-27-29-43-41-19-9-13-23-47(41)51(49(43)32-37)45-21-11-7-17-39(45)40-18-8-12-22-46(40)51/h4-32H,3H2,1-2H3. The van der Waals surface area contributed by atoms with Crippen LogP contribution in [0.1, 0.15) is 64.8 Å². The lowest BCUT2D eigenvalue weighted by Gasteiger charge is -2.32. The van der Waals surface area contributed by atoms with Gasteiger partial charge in [-0.2, -0.15) is 0 Å². The SMILES string of the molecule is CC1(C)c2ccccc2-c2ccc(N(c3ccc4c(c3)C=CCC=C4)c3ccc4c(c3)C3(c5ccccc5-c5ccccc53)c3ccccc3-4)cc21. The molecule has 7 aromatic rings. The highest BCUT2D eigenvalue weighted by molar-refractivity contribution is 5.96. The molecule has 246 valence electrons. The highest BCUT2D eigenvalue weighted by Crippen LogP contribution is 2.63. The predicted molar refractivity (Wildman–Crippen MR) is 218 cm³/mol. The molecule has 0 bridgehead atoms. The second-order valence-electron chi connectivity index (χ2n) is 15.2. The summed E-state index contributed by atoms with van der Waals surface area (Å²) in [6, 6.07) is 57.4. The largest absolute Gasteiger partial charge is 0.310 e. The summed E-state index contributed by atoms with van der Waals surface area (Å²) in [5.41, 5.74) is 21.7. The average Bonchev–Trinajstić information content (AvgIpc) is 3.63. The summed E-state index contributed by atoms with van der Waals surface area (Å²) in [6.45, 7) is 4.74. The third kappa shape index (κ3) is 3.83. The van der Waals surface area contributed by atoms with Crippen molar-refractivity contribution in [3.05, 3.63) is 208 Å². The summed E-state index contributed by atoms with van der Waals surface area (Å²) >= 11 is 0. The van der Waals surface area contributed by atoms with Crippen LogP contribution in [0.3, 0.4) is 0 Å². The number of hydrogen-bond acceptors (Lipinski definition) is 1. The van der Waals surface area contributed by atoms with Gasteiger partial charge in [0.25, 0.3) is 0 Å². The van der Waals surface area contributed by atoms with Gasteiger partial charge in [0, 0.05) is 22.5 Å². The summed E-state index contributed by atoms with van der Waals surface area (Å²) < 4.78 is 0. The van der Waals surface area contributed by atoms with Crippen LogP contribution in [0.15, 0.2) is 164 Å². The maximum absolute atomic E-state index is 2.50. The molecule has 1 spiro atoms. The van der Waals surface area contributed by atoms with Crippen LogP contribution in [0.5, 0.6) is 0 Å². The fourth-order valence-corrected chi connectivity index (χ4v) is 9.97. The number of anilines is 3. The number of hydrogen-bond donors (Lipinski definition) is 0. The summed E-state index contributed by atoms with van der Waals surface area (Å²) in [7, 11) is 0. The summed E-state index contributed by atoms with van der Waals surface area (Å²) in [4.78, 5) is 2.49. The molecule has 0 unspecified atom stereocenters. The number of rotatable bonds is 3. The van der Waals surface area contributed by atoms with Crippen LogP contribution in [-0.2, 0) is 10.8 Å². The molecule has 0 aromatic heterocycles. The lowest BCUT2D eigenvalue weighted by atomic mass is 9.70. The number of fused-ring (bicyclic) bond motifs is 14. The molecule has 7 aromatic carbocycles. The molecular weight excluding hydrogens is 627 g/mol. The van der Waals surface area contributed by atoms with Crippen LogP contribution in [0.2, 0.25) is 0 Å². The van der Waals surface area contributed by atoms with Gasteiger partial charge in [-0.3, -0.25) is 0 Å². The van der Waals surface area contributed by atoms with Crippen molar-refractivity contribution in [2.75, 3.05) is 4.90 Å². The van der Waals surface area contributed by atoms with Crippen molar-refractivity contribution in [2.45, 2.75) is 31.1 Å². The second-order valence-corrected chi connectivity index (χ2v) is 15.2. The summed E-state index contributed by atoms with van der Waals surface area (Å²) in [5, 5.41) is 0. The third-order valence-corrected chi connectivity index (χ3v) is 12.3. The van der Waals surface area contributed by atoms with Crippen LogP contribution >= 0.6 is 0 Å². The highest BCUT2D eigenvalue weighted by atomic mass is 15.1. The zero-order valence-corrected chi connectivity index (χ0v) is 29.4. The topological polar surface area (TPSA) is 3.24 Å². The van der Waals surface area contributed by atoms with Gasteiger partial charge in [-0.05, 0) is 121 Å². The van der Waals surface area contributed by atoms with E-state index in [9.17, 15) is 0 Å². The molecule has 0 fully saturated rings. The molecule has 0 N–H and O–H groups in total. The van der Waals surface area contributed by atoms with Crippen molar-refractivity contribution < 1.29 is 0 Å². The molecule has 4 aliphatic rings. The quantitative estimate of drug-likeness (QED) is 0.182. The van der Waals surface area contributed by atoms with Gasteiger partial charge in [-0.1, -0.05) is 153 Å². The lowest BCUT2D eigenvalue weighted by molar-refractivity contribution is 0.660. The van der Waals surface area contributed by atoms with E-state index in [1.54, 1.807) is 0 Å². The van der Waals surface area contributed by atoms with Gasteiger partial charge in [0.1, 0.15) is 0 Å². The minimum absolute atomic E-state index is 0.101. The Hall–Kier alpha value is -6.18. The zero-order valence-electron chi connectivity index (χ0n) is 29.4. The Morgan fingerprint density at radius 2 is 0.808 bits per heavy atom. The normalized spacial score (nSPS) is 15.6. The van der Waals surface area contributed by atoms with Crippen molar-refractivity contribution in [3.8, 4) is 33.4 Å². The second kappa shape index (κ2) is 10.7. The molecule has 11 rings (SSSR count). The Morgan fingerprint density at radius 1 is 0.385 bits per heavy atom. The lowest BCUT2D eigenvalue weighted by Crippen LogP contribution is -2.26. The molecule has 0 amide bonds. The molecule has 1 heteroatoms. The molecule has 0 saturated carbocycles. The van der Waals surface area contributed by atoms with Crippen molar-refractivity contribution >= 4 is 29.2 Å². The monoisotopic (exact) mass is 663 g/mol. The summed E-state index contributed by atoms with van der Waals surface area (Å²) in [5.74, 6) is 0. The zero-order chi connectivity index (χ0) is 34.6. The van der Waals surface area contributed by atoms with Crippen LogP contribution < -0.4 is 4.90 Å². The van der Waals surface area contributed by atoms with E-state index in [1.165, 1.54) is 83.6 Å². The Kier molecular flexibility index (Phi) is 6.06. The molecule has 4 aliphatic carbocycles. The van der Waals surface area contributed by atoms with Crippen molar-refractivity contribution in [1.29, 1.82) is 0 Å². The van der Waals surface area contributed by atoms with Crippen LogP contribution in [0, 0.1) is 0 Å². The predicted octanol–water partition coefficient (Wildman–Crippen LogP) is 13.2. The molecule has 0 radical (unpaired) electrons. The van der Waals surface area contributed by atoms with Crippen LogP contribution in [-0.4, -0.2) is 0 Å². The first-order valence-electron chi connectivity index (χ1n) is 18.5. The fourth-order valence-electron chi connectivity index (χ4n) is 9.97. The highest BCUT2D eigenvalue weighted by Gasteiger charge is 2.51. The number of allylic oxidation sites excluding steroid dienone is 2. The first-order chi connectivity index (χ1) is 25.5. The molecule has 52 heavy (non-hydrogen) atoms. The van der Waals surface area contributed by atoms with E-state index in [0.29, 0.717) is 0 Å². The number of nitrogens with zero attached hydrogens (tertiary/aromatic N) is 1. The van der Waals surface area contributed by atoms with E-state index in [4.69, 9.17) is 0 Å². The Balaban J connectivity index is 1.18. The van der Waals surface area contributed by atoms with E-state index in [0.717, 1.165) is 17.8 Å². The van der Waals surface area contributed by atoms with Gasteiger partial charge in [-0.15, -0.1) is 0 Å². The third-order valence-electron chi connectivity index (χ3n) is 12.3. The van der Waals surface area contributed by atoms with Gasteiger partial charge < -0.3 is 4.90 Å². The van der Waals surface area contributed by atoms with E-state index >= 15 is 0 Å². The van der Waals surface area contributed by atoms with Crippen LogP contribution in [0.4, 0.5) is 17.1 Å². The molecule has 0 aliphatic heterocycles. The number of benzene rings is 7. The van der Waals surface area contributed by atoms with Gasteiger partial charge in [0.05, 0.1) is 5.41 Å². The molecule has 0 saturated heterocycles. The van der Waals surface area contributed by atoms with Gasteiger partial charge >= 0.3 is 0 Å². The smallest absolute Gasteiger partial charge is 0.0726 e. The molecule has 1 nitrogen and oxygen atoms in total. The van der Waals surface area contributed by atoms with Crippen LogP contribution in [0.25, 0.3) is 45.5 Å². The minimum atomic E-state index is -0.399. The maximum Gasteiger partial charge on any atom is 0.0726 e. The van der Waals surface area contributed by atoms with E-state index in [1.807, 2.05) is 0 Å². The Labute approximate surface area is 305 Å². The minimum Gasteiger partial charge on any atom is -0.310 e. The van der Waals surface area contributed by atoms with E-state index in [-0.39, 0.29) is 5.41 Å². The van der Waals surface area contributed by atoms with Crippen molar-refractivity contribution in [1.82, 2.24) is 0 Å². The fraction of sp³-hybridized carbons (Fsp3) is 0.0980. The van der Waals surface area contributed by atoms with Gasteiger partial charge in [0.2, 0.25) is 0 Å². The van der Waals surface area contributed by atoms with Crippen molar-refractivity contribution in [3.63, 3.8) is 0 Å². The Bertz CT molecular complexity index is 2640. The van der Waals surface area contributed by atoms with E-state index < -0.39 is 5.41 Å². The average molecular weight is 664 g/mol. The molecular formula is C51H37N. The summed E-state index contributed by atoms with van der Waals surface area (Å²) in [6.07, 6.45) is 9.99. The van der Waals surface area contributed by atoms with Crippen molar-refractivity contribution in [2.24, 2.45) is 0 Å². The van der Waals surface area contributed by atoms with Gasteiger partial charge in [0.15, 0.2) is 0 Å². The maximum atomic E-state index is 2.50. The Morgan fingerprint density at radius 3 is 1.40 bits per heavy atom. The van der Waals surface area contributed by atoms with E-state index in [2.05, 4.69) is 195 Å². The molecule has 0 atom stereocenters. The van der Waals surface area contributed by atoms with Gasteiger partial charge in [-0.25, -0.2) is 0 Å². The first-order valence-corrected chi connectivity index (χ1v) is 18.5.